The Morgan fingerprint density at radius 1 is 1.12 bits per heavy atom. The predicted molar refractivity (Wildman–Crippen MR) is 60.9 cm³/mol. The van der Waals surface area contributed by atoms with Crippen LogP contribution in [0, 0.1) is 5.41 Å². The van der Waals surface area contributed by atoms with Crippen molar-refractivity contribution in [3.05, 3.63) is 0 Å². The van der Waals surface area contributed by atoms with Crippen LogP contribution in [0.2, 0.25) is 0 Å². The van der Waals surface area contributed by atoms with Gasteiger partial charge in [-0.25, -0.2) is 0 Å². The Balaban J connectivity index is 4.48. The summed E-state index contributed by atoms with van der Waals surface area (Å²) in [6, 6.07) is 0. The lowest BCUT2D eigenvalue weighted by atomic mass is 9.90. The van der Waals surface area contributed by atoms with E-state index in [1.54, 1.807) is 13.8 Å². The molecule has 0 N–H and O–H groups in total. The Kier molecular flexibility index (Phi) is 4.97. The molecule has 0 bridgehead atoms. The molecule has 0 rings (SSSR count). The topological polar surface area (TPSA) is 52.6 Å². The second-order valence-corrected chi connectivity index (χ2v) is 5.14. The van der Waals surface area contributed by atoms with Crippen LogP contribution in [-0.4, -0.2) is 24.6 Å². The minimum atomic E-state index is -0.823. The largest absolute Gasteiger partial charge is 0.469 e. The van der Waals surface area contributed by atoms with Crippen molar-refractivity contribution in [2.24, 2.45) is 5.41 Å². The summed E-state index contributed by atoms with van der Waals surface area (Å²) in [6.45, 7) is 8.97. The van der Waals surface area contributed by atoms with E-state index in [4.69, 9.17) is 4.74 Å². The fourth-order valence-electron chi connectivity index (χ4n) is 0.989. The minimum Gasteiger partial charge on any atom is -0.469 e. The molecule has 0 amide bonds. The summed E-state index contributed by atoms with van der Waals surface area (Å²) in [6.07, 6.45) is 0.759. The van der Waals surface area contributed by atoms with E-state index in [0.717, 1.165) is 0 Å². The van der Waals surface area contributed by atoms with E-state index in [-0.39, 0.29) is 18.4 Å². The van der Waals surface area contributed by atoms with E-state index < -0.39 is 11.0 Å². The van der Waals surface area contributed by atoms with Gasteiger partial charge in [0, 0.05) is 0 Å². The maximum absolute atomic E-state index is 11.8. The summed E-state index contributed by atoms with van der Waals surface area (Å²) in [5.41, 5.74) is -1.34. The van der Waals surface area contributed by atoms with Gasteiger partial charge in [-0.15, -0.1) is 0 Å². The highest BCUT2D eigenvalue weighted by Crippen LogP contribution is 2.26. The van der Waals surface area contributed by atoms with Crippen LogP contribution in [0.3, 0.4) is 0 Å². The maximum atomic E-state index is 11.8. The molecule has 0 aromatic rings. The lowest BCUT2D eigenvalue weighted by Gasteiger charge is -2.29. The fraction of sp³-hybridized carbons (Fsp3) is 0.833. The Hall–Kier alpha value is -1.06. The van der Waals surface area contributed by atoms with Gasteiger partial charge in [0.25, 0.3) is 0 Å². The Bertz CT molecular complexity index is 266. The predicted octanol–water partition coefficient (Wildman–Crippen LogP) is 2.31. The van der Waals surface area contributed by atoms with Gasteiger partial charge in [0.2, 0.25) is 0 Å². The van der Waals surface area contributed by atoms with E-state index in [2.05, 4.69) is 4.74 Å². The second-order valence-electron chi connectivity index (χ2n) is 5.14. The normalized spacial score (nSPS) is 12.1. The van der Waals surface area contributed by atoms with Gasteiger partial charge in [0.05, 0.1) is 18.9 Å². The molecule has 0 spiro atoms. The zero-order valence-corrected chi connectivity index (χ0v) is 11.0. The van der Waals surface area contributed by atoms with E-state index in [9.17, 15) is 9.59 Å². The third kappa shape index (κ3) is 4.64. The zero-order valence-electron chi connectivity index (χ0n) is 11.0. The van der Waals surface area contributed by atoms with Crippen LogP contribution < -0.4 is 0 Å². The van der Waals surface area contributed by atoms with E-state index in [1.165, 1.54) is 7.11 Å². The number of hydrogen-bond acceptors (Lipinski definition) is 4. The highest BCUT2D eigenvalue weighted by Gasteiger charge is 2.34. The number of esters is 2. The first-order valence-corrected chi connectivity index (χ1v) is 5.45. The van der Waals surface area contributed by atoms with Crippen molar-refractivity contribution in [1.82, 2.24) is 0 Å². The zero-order chi connectivity index (χ0) is 13.0. The molecule has 0 radical (unpaired) electrons. The highest BCUT2D eigenvalue weighted by atomic mass is 16.6. The van der Waals surface area contributed by atoms with Crippen LogP contribution in [0.15, 0.2) is 0 Å². The van der Waals surface area contributed by atoms with Gasteiger partial charge < -0.3 is 9.47 Å². The highest BCUT2D eigenvalue weighted by molar-refractivity contribution is 5.77. The number of methoxy groups -OCH3 is 1. The van der Waals surface area contributed by atoms with E-state index >= 15 is 0 Å². The van der Waals surface area contributed by atoms with Crippen molar-refractivity contribution in [3.8, 4) is 0 Å². The molecule has 0 fully saturated rings. The maximum Gasteiger partial charge on any atom is 0.312 e. The molecule has 0 heterocycles. The van der Waals surface area contributed by atoms with Gasteiger partial charge in [0.1, 0.15) is 5.60 Å². The molecule has 0 aliphatic rings. The van der Waals surface area contributed by atoms with Gasteiger partial charge in [-0.2, -0.15) is 0 Å². The van der Waals surface area contributed by atoms with Crippen molar-refractivity contribution < 1.29 is 19.1 Å². The average Bonchev–Trinajstić information content (AvgIpc) is 2.15. The van der Waals surface area contributed by atoms with Gasteiger partial charge in [0.15, 0.2) is 0 Å². The third-order valence-corrected chi connectivity index (χ3v) is 2.60. The number of carbonyl (C=O) groups excluding carboxylic acids is 2. The van der Waals surface area contributed by atoms with Crippen molar-refractivity contribution in [2.45, 2.75) is 53.1 Å². The van der Waals surface area contributed by atoms with Gasteiger partial charge in [-0.1, -0.05) is 6.92 Å². The fourth-order valence-corrected chi connectivity index (χ4v) is 0.989. The van der Waals surface area contributed by atoms with Crippen molar-refractivity contribution in [3.63, 3.8) is 0 Å². The Morgan fingerprint density at radius 2 is 1.62 bits per heavy atom. The molecule has 94 valence electrons. The van der Waals surface area contributed by atoms with Gasteiger partial charge in [-0.3, -0.25) is 9.59 Å². The number of carbonyl (C=O) groups is 2. The molecule has 16 heavy (non-hydrogen) atoms. The Morgan fingerprint density at radius 3 is 2.00 bits per heavy atom. The van der Waals surface area contributed by atoms with Crippen LogP contribution in [0.4, 0.5) is 0 Å². The minimum absolute atomic E-state index is 0.0645. The summed E-state index contributed by atoms with van der Waals surface area (Å²) in [4.78, 5) is 22.9. The summed E-state index contributed by atoms with van der Waals surface area (Å²) < 4.78 is 9.88. The molecular weight excluding hydrogens is 208 g/mol. The standard InChI is InChI=1S/C12H22O4/c1-7-11(2,3)10(14)16-12(4,5)8-9(13)15-6/h7-8H2,1-6H3. The first-order valence-electron chi connectivity index (χ1n) is 5.45. The molecule has 0 aromatic carbocycles. The second kappa shape index (κ2) is 5.32. The van der Waals surface area contributed by atoms with Crippen molar-refractivity contribution >= 4 is 11.9 Å². The lowest BCUT2D eigenvalue weighted by molar-refractivity contribution is -0.171. The molecule has 0 saturated heterocycles. The molecule has 4 nitrogen and oxygen atoms in total. The van der Waals surface area contributed by atoms with Crippen molar-refractivity contribution in [1.29, 1.82) is 0 Å². The van der Waals surface area contributed by atoms with Gasteiger partial charge >= 0.3 is 11.9 Å². The molecule has 0 atom stereocenters. The number of ether oxygens (including phenoxy) is 2. The molecule has 0 saturated carbocycles. The smallest absolute Gasteiger partial charge is 0.312 e. The molecule has 0 unspecified atom stereocenters. The molecule has 0 aliphatic carbocycles. The Labute approximate surface area is 97.3 Å². The van der Waals surface area contributed by atoms with Crippen LogP contribution in [0.25, 0.3) is 0 Å². The summed E-state index contributed by atoms with van der Waals surface area (Å²) in [7, 11) is 1.32. The van der Waals surface area contributed by atoms with E-state index in [1.807, 2.05) is 20.8 Å². The van der Waals surface area contributed by atoms with E-state index in [0.29, 0.717) is 6.42 Å². The monoisotopic (exact) mass is 230 g/mol. The summed E-state index contributed by atoms with van der Waals surface area (Å²) >= 11 is 0. The summed E-state index contributed by atoms with van der Waals surface area (Å²) in [5, 5.41) is 0. The van der Waals surface area contributed by atoms with Crippen LogP contribution in [-0.2, 0) is 19.1 Å². The third-order valence-electron chi connectivity index (χ3n) is 2.60. The number of rotatable bonds is 5. The first-order chi connectivity index (χ1) is 7.14. The van der Waals surface area contributed by atoms with Gasteiger partial charge in [-0.05, 0) is 34.1 Å². The van der Waals surface area contributed by atoms with Crippen LogP contribution in [0.5, 0.6) is 0 Å². The van der Waals surface area contributed by atoms with Crippen LogP contribution >= 0.6 is 0 Å². The molecular formula is C12H22O4. The first kappa shape index (κ1) is 14.9. The molecule has 0 aromatic heterocycles. The molecule has 0 aliphatic heterocycles. The SMILES string of the molecule is CCC(C)(C)C(=O)OC(C)(C)CC(=O)OC. The average molecular weight is 230 g/mol. The van der Waals surface area contributed by atoms with Crippen LogP contribution in [0.1, 0.15) is 47.5 Å². The molecule has 4 heteroatoms. The van der Waals surface area contributed by atoms with Crippen molar-refractivity contribution in [2.75, 3.05) is 7.11 Å². The summed E-state index contributed by atoms with van der Waals surface area (Å²) in [5.74, 6) is -0.670. The quantitative estimate of drug-likeness (QED) is 0.680. The number of hydrogen-bond donors (Lipinski definition) is 0. The lowest BCUT2D eigenvalue weighted by Crippen LogP contribution is -2.37.